The van der Waals surface area contributed by atoms with Gasteiger partial charge in [-0.05, 0) is 24.3 Å². The third-order valence-corrected chi connectivity index (χ3v) is 6.15. The van der Waals surface area contributed by atoms with Gasteiger partial charge in [-0.1, -0.05) is 32.9 Å². The lowest BCUT2D eigenvalue weighted by Crippen LogP contribution is -2.37. The Balaban J connectivity index is 1.27. The molecule has 0 saturated carbocycles. The first-order valence-corrected chi connectivity index (χ1v) is 11.1. The summed E-state index contributed by atoms with van der Waals surface area (Å²) in [5.74, 6) is 1.38. The Morgan fingerprint density at radius 3 is 2.24 bits per heavy atom. The van der Waals surface area contributed by atoms with E-state index in [-0.39, 0.29) is 29.3 Å². The van der Waals surface area contributed by atoms with Crippen molar-refractivity contribution in [3.63, 3.8) is 0 Å². The van der Waals surface area contributed by atoms with Crippen molar-refractivity contribution in [2.45, 2.75) is 52.2 Å². The minimum Gasteiger partial charge on any atom is -0.463 e. The molecule has 0 aliphatic carbocycles. The molecule has 0 fully saturated rings. The number of aromatic amines is 1. The van der Waals surface area contributed by atoms with Gasteiger partial charge >= 0.3 is 0 Å². The highest BCUT2D eigenvalue weighted by Gasteiger charge is 2.35. The maximum Gasteiger partial charge on any atom is 0.261 e. The Morgan fingerprint density at radius 2 is 1.61 bits per heavy atom. The fourth-order valence-electron chi connectivity index (χ4n) is 4.32. The maximum absolute atomic E-state index is 12.7. The maximum atomic E-state index is 12.7. The van der Waals surface area contributed by atoms with Crippen molar-refractivity contribution in [3.8, 4) is 0 Å². The van der Waals surface area contributed by atoms with Gasteiger partial charge in [-0.3, -0.25) is 24.2 Å². The van der Waals surface area contributed by atoms with E-state index in [4.69, 9.17) is 9.40 Å². The van der Waals surface area contributed by atoms with Crippen molar-refractivity contribution in [2.24, 2.45) is 0 Å². The molecule has 8 heteroatoms. The largest absolute Gasteiger partial charge is 0.463 e. The standard InChI is InChI=1S/C25H26N4O4/c1-25(2,3)24-26-20-10-11-28(14-19(20)21(30)27-24)12-15-8-9-16(33-15)13-29-22(31)17-6-4-5-7-18(17)23(29)32/h4-9H,10-14H2,1-3H3,(H,26,27,30). The lowest BCUT2D eigenvalue weighted by molar-refractivity contribution is 0.0630. The molecule has 0 spiro atoms. The van der Waals surface area contributed by atoms with E-state index in [0.717, 1.165) is 18.0 Å². The molecule has 2 aromatic heterocycles. The van der Waals surface area contributed by atoms with Gasteiger partial charge in [0.25, 0.3) is 17.4 Å². The summed E-state index contributed by atoms with van der Waals surface area (Å²) in [6.07, 6.45) is 0.699. The van der Waals surface area contributed by atoms with Crippen LogP contribution in [0.3, 0.4) is 0 Å². The molecule has 4 heterocycles. The Labute approximate surface area is 191 Å². The van der Waals surface area contributed by atoms with E-state index in [2.05, 4.69) is 9.88 Å². The predicted molar refractivity (Wildman–Crippen MR) is 121 cm³/mol. The molecule has 170 valence electrons. The van der Waals surface area contributed by atoms with Crippen LogP contribution in [0.2, 0.25) is 0 Å². The van der Waals surface area contributed by atoms with E-state index < -0.39 is 0 Å². The van der Waals surface area contributed by atoms with Gasteiger partial charge in [0.15, 0.2) is 0 Å². The smallest absolute Gasteiger partial charge is 0.261 e. The molecule has 33 heavy (non-hydrogen) atoms. The van der Waals surface area contributed by atoms with Gasteiger partial charge in [0.1, 0.15) is 17.3 Å². The van der Waals surface area contributed by atoms with Crippen LogP contribution in [0.25, 0.3) is 0 Å². The van der Waals surface area contributed by atoms with Crippen LogP contribution in [-0.4, -0.2) is 38.1 Å². The Bertz CT molecular complexity index is 1280. The van der Waals surface area contributed by atoms with E-state index >= 15 is 0 Å². The second kappa shape index (κ2) is 7.81. The van der Waals surface area contributed by atoms with E-state index in [1.807, 2.05) is 26.8 Å². The molecule has 2 aliphatic heterocycles. The number of fused-ring (bicyclic) bond motifs is 2. The first-order chi connectivity index (χ1) is 15.7. The number of imide groups is 1. The normalized spacial score (nSPS) is 16.3. The number of H-pyrrole nitrogens is 1. The molecule has 3 aromatic rings. The number of hydrogen-bond donors (Lipinski definition) is 1. The summed E-state index contributed by atoms with van der Waals surface area (Å²) in [5, 5.41) is 0. The molecule has 8 nitrogen and oxygen atoms in total. The zero-order chi connectivity index (χ0) is 23.3. The summed E-state index contributed by atoms with van der Waals surface area (Å²) < 4.78 is 5.94. The minimum absolute atomic E-state index is 0.0830. The quantitative estimate of drug-likeness (QED) is 0.619. The molecular formula is C25H26N4O4. The number of nitrogens with zero attached hydrogens (tertiary/aromatic N) is 3. The summed E-state index contributed by atoms with van der Waals surface area (Å²) in [6, 6.07) is 10.5. The lowest BCUT2D eigenvalue weighted by Gasteiger charge is -2.28. The van der Waals surface area contributed by atoms with Gasteiger partial charge in [0.2, 0.25) is 0 Å². The van der Waals surface area contributed by atoms with Crippen molar-refractivity contribution in [1.82, 2.24) is 19.8 Å². The number of rotatable bonds is 4. The van der Waals surface area contributed by atoms with Crippen molar-refractivity contribution in [2.75, 3.05) is 6.54 Å². The molecular weight excluding hydrogens is 420 g/mol. The topological polar surface area (TPSA) is 99.5 Å². The van der Waals surface area contributed by atoms with Crippen LogP contribution < -0.4 is 5.56 Å². The molecule has 2 amide bonds. The number of benzene rings is 1. The summed E-state index contributed by atoms with van der Waals surface area (Å²) in [5.41, 5.74) is 2.12. The number of hydrogen-bond acceptors (Lipinski definition) is 6. The molecule has 1 aromatic carbocycles. The number of amides is 2. The average Bonchev–Trinajstić information content (AvgIpc) is 3.32. The number of furan rings is 1. The van der Waals surface area contributed by atoms with Crippen LogP contribution in [0.5, 0.6) is 0 Å². The zero-order valence-electron chi connectivity index (χ0n) is 19.0. The fourth-order valence-corrected chi connectivity index (χ4v) is 4.32. The Kier molecular flexibility index (Phi) is 5.05. The third kappa shape index (κ3) is 3.91. The van der Waals surface area contributed by atoms with Crippen LogP contribution >= 0.6 is 0 Å². The van der Waals surface area contributed by atoms with Crippen LogP contribution in [-0.2, 0) is 31.5 Å². The summed E-state index contributed by atoms with van der Waals surface area (Å²) in [7, 11) is 0. The first kappa shape index (κ1) is 21.3. The molecule has 1 N–H and O–H groups in total. The van der Waals surface area contributed by atoms with Gasteiger partial charge in [-0.15, -0.1) is 0 Å². The highest BCUT2D eigenvalue weighted by Crippen LogP contribution is 2.26. The highest BCUT2D eigenvalue weighted by molar-refractivity contribution is 6.21. The van der Waals surface area contributed by atoms with Crippen LogP contribution in [0.4, 0.5) is 0 Å². The van der Waals surface area contributed by atoms with Crippen LogP contribution in [0.15, 0.2) is 45.6 Å². The van der Waals surface area contributed by atoms with Crippen molar-refractivity contribution in [1.29, 1.82) is 0 Å². The predicted octanol–water partition coefficient (Wildman–Crippen LogP) is 3.01. The van der Waals surface area contributed by atoms with Gasteiger partial charge < -0.3 is 9.40 Å². The number of aromatic nitrogens is 2. The SMILES string of the molecule is CC(C)(C)c1nc2c(c(=O)[nH]1)CN(Cc1ccc(CN3C(=O)c4ccccc4C3=O)o1)CC2. The minimum atomic E-state index is -0.303. The summed E-state index contributed by atoms with van der Waals surface area (Å²) in [4.78, 5) is 48.8. The molecule has 0 bridgehead atoms. The number of carbonyl (C=O) groups excluding carboxylic acids is 2. The molecule has 0 atom stereocenters. The Hall–Kier alpha value is -3.52. The first-order valence-electron chi connectivity index (χ1n) is 11.1. The van der Waals surface area contributed by atoms with E-state index in [0.29, 0.717) is 47.8 Å². The zero-order valence-corrected chi connectivity index (χ0v) is 19.0. The van der Waals surface area contributed by atoms with Gasteiger partial charge in [-0.2, -0.15) is 0 Å². The third-order valence-electron chi connectivity index (χ3n) is 6.15. The summed E-state index contributed by atoms with van der Waals surface area (Å²) in [6.45, 7) is 7.98. The van der Waals surface area contributed by atoms with Crippen molar-refractivity contribution < 1.29 is 14.0 Å². The second-order valence-electron chi connectivity index (χ2n) is 9.66. The second-order valence-corrected chi connectivity index (χ2v) is 9.66. The van der Waals surface area contributed by atoms with E-state index in [9.17, 15) is 14.4 Å². The number of carbonyl (C=O) groups is 2. The lowest BCUT2D eigenvalue weighted by atomic mass is 9.95. The molecule has 2 aliphatic rings. The fraction of sp³-hybridized carbons (Fsp3) is 0.360. The van der Waals surface area contributed by atoms with Crippen molar-refractivity contribution in [3.05, 3.63) is 86.5 Å². The average molecular weight is 447 g/mol. The van der Waals surface area contributed by atoms with Crippen molar-refractivity contribution >= 4 is 11.8 Å². The van der Waals surface area contributed by atoms with Crippen LogP contribution in [0.1, 0.15) is 70.1 Å². The van der Waals surface area contributed by atoms with Gasteiger partial charge in [-0.25, -0.2) is 4.98 Å². The Morgan fingerprint density at radius 1 is 0.970 bits per heavy atom. The molecule has 0 unspecified atom stereocenters. The van der Waals surface area contributed by atoms with Gasteiger partial charge in [0.05, 0.1) is 35.5 Å². The molecule has 5 rings (SSSR count). The number of nitrogens with one attached hydrogen (secondary N) is 1. The molecule has 0 saturated heterocycles. The van der Waals surface area contributed by atoms with Gasteiger partial charge in [0, 0.05) is 24.9 Å². The highest BCUT2D eigenvalue weighted by atomic mass is 16.3. The van der Waals surface area contributed by atoms with Crippen LogP contribution in [0, 0.1) is 0 Å². The summed E-state index contributed by atoms with van der Waals surface area (Å²) >= 11 is 0. The molecule has 0 radical (unpaired) electrons. The monoisotopic (exact) mass is 446 g/mol. The van der Waals surface area contributed by atoms with E-state index in [1.54, 1.807) is 30.3 Å². The van der Waals surface area contributed by atoms with E-state index in [1.165, 1.54) is 4.90 Å².